The van der Waals surface area contributed by atoms with E-state index in [9.17, 15) is 4.39 Å². The molecule has 0 amide bonds. The zero-order chi connectivity index (χ0) is 12.3. The van der Waals surface area contributed by atoms with Gasteiger partial charge in [-0.15, -0.1) is 0 Å². The second-order valence-corrected chi connectivity index (χ2v) is 3.58. The van der Waals surface area contributed by atoms with Crippen molar-refractivity contribution >= 4 is 11.8 Å². The maximum atomic E-state index is 13.3. The molecule has 0 bridgehead atoms. The van der Waals surface area contributed by atoms with Crippen LogP contribution in [0.15, 0.2) is 24.7 Å². The lowest BCUT2D eigenvalue weighted by molar-refractivity contribution is 0.617. The standard InChI is InChI=1S/C11H12FN5/c1-7-4-14-3-2-8(7)5-15-10-9(12)6-16-11(13)17-10/h2-4,6H,5H2,1H3,(H3,13,15,16,17). The molecule has 0 fully saturated rings. The van der Waals surface area contributed by atoms with E-state index in [1.807, 2.05) is 13.0 Å². The molecule has 88 valence electrons. The average molecular weight is 233 g/mol. The molecule has 0 saturated heterocycles. The highest BCUT2D eigenvalue weighted by Crippen LogP contribution is 2.13. The van der Waals surface area contributed by atoms with Crippen molar-refractivity contribution in [2.45, 2.75) is 13.5 Å². The Kier molecular flexibility index (Phi) is 3.13. The lowest BCUT2D eigenvalue weighted by Gasteiger charge is -2.08. The Labute approximate surface area is 97.9 Å². The van der Waals surface area contributed by atoms with Gasteiger partial charge >= 0.3 is 0 Å². The van der Waals surface area contributed by atoms with E-state index in [0.29, 0.717) is 6.54 Å². The molecular weight excluding hydrogens is 221 g/mol. The summed E-state index contributed by atoms with van der Waals surface area (Å²) in [7, 11) is 0. The van der Waals surface area contributed by atoms with E-state index in [0.717, 1.165) is 17.3 Å². The van der Waals surface area contributed by atoms with Crippen molar-refractivity contribution in [3.63, 3.8) is 0 Å². The molecule has 0 aliphatic rings. The largest absolute Gasteiger partial charge is 0.368 e. The number of nitrogens with two attached hydrogens (primary N) is 1. The topological polar surface area (TPSA) is 76.7 Å². The number of halogens is 1. The lowest BCUT2D eigenvalue weighted by atomic mass is 10.1. The Balaban J connectivity index is 2.12. The van der Waals surface area contributed by atoms with E-state index >= 15 is 0 Å². The van der Waals surface area contributed by atoms with Crippen LogP contribution in [0, 0.1) is 12.7 Å². The van der Waals surface area contributed by atoms with E-state index in [2.05, 4.69) is 20.3 Å². The molecule has 0 aliphatic carbocycles. The highest BCUT2D eigenvalue weighted by molar-refractivity contribution is 5.40. The maximum Gasteiger partial charge on any atom is 0.222 e. The smallest absolute Gasteiger partial charge is 0.222 e. The Morgan fingerprint density at radius 3 is 3.00 bits per heavy atom. The van der Waals surface area contributed by atoms with Gasteiger partial charge in [-0.3, -0.25) is 4.98 Å². The Bertz CT molecular complexity index is 529. The number of nitrogen functional groups attached to an aromatic ring is 1. The molecule has 0 unspecified atom stereocenters. The SMILES string of the molecule is Cc1cnccc1CNc1nc(N)ncc1F. The number of pyridine rings is 1. The molecule has 0 atom stereocenters. The summed E-state index contributed by atoms with van der Waals surface area (Å²) in [6.07, 6.45) is 4.49. The monoisotopic (exact) mass is 233 g/mol. The van der Waals surface area contributed by atoms with Gasteiger partial charge in [0.25, 0.3) is 0 Å². The molecule has 0 spiro atoms. The highest BCUT2D eigenvalue weighted by atomic mass is 19.1. The molecule has 2 rings (SSSR count). The Hall–Kier alpha value is -2.24. The number of aryl methyl sites for hydroxylation is 1. The summed E-state index contributed by atoms with van der Waals surface area (Å²) < 4.78 is 13.3. The van der Waals surface area contributed by atoms with Crippen LogP contribution >= 0.6 is 0 Å². The molecule has 0 aromatic carbocycles. The van der Waals surface area contributed by atoms with E-state index in [1.165, 1.54) is 0 Å². The predicted molar refractivity (Wildman–Crippen MR) is 62.7 cm³/mol. The van der Waals surface area contributed by atoms with Crippen LogP contribution in [0.3, 0.4) is 0 Å². The first kappa shape index (κ1) is 11.3. The predicted octanol–water partition coefficient (Wildman–Crippen LogP) is 1.51. The van der Waals surface area contributed by atoms with Crippen LogP contribution < -0.4 is 11.1 Å². The van der Waals surface area contributed by atoms with Crippen LogP contribution in [0.1, 0.15) is 11.1 Å². The van der Waals surface area contributed by atoms with Crippen molar-refractivity contribution in [2.75, 3.05) is 11.1 Å². The molecule has 0 saturated carbocycles. The fourth-order valence-corrected chi connectivity index (χ4v) is 1.38. The molecule has 2 aromatic rings. The van der Waals surface area contributed by atoms with Crippen molar-refractivity contribution in [1.29, 1.82) is 0 Å². The molecule has 17 heavy (non-hydrogen) atoms. The summed E-state index contributed by atoms with van der Waals surface area (Å²) in [5.74, 6) is -0.375. The van der Waals surface area contributed by atoms with Crippen LogP contribution in [-0.4, -0.2) is 15.0 Å². The first-order chi connectivity index (χ1) is 8.16. The quantitative estimate of drug-likeness (QED) is 0.840. The number of aromatic nitrogens is 3. The van der Waals surface area contributed by atoms with Gasteiger partial charge in [0.1, 0.15) is 0 Å². The first-order valence-corrected chi connectivity index (χ1v) is 5.08. The second kappa shape index (κ2) is 4.73. The van der Waals surface area contributed by atoms with Crippen LogP contribution in [0.5, 0.6) is 0 Å². The van der Waals surface area contributed by atoms with Crippen molar-refractivity contribution in [3.8, 4) is 0 Å². The highest BCUT2D eigenvalue weighted by Gasteiger charge is 2.05. The van der Waals surface area contributed by atoms with Gasteiger partial charge in [-0.05, 0) is 24.1 Å². The number of hydrogen-bond donors (Lipinski definition) is 2. The molecule has 6 heteroatoms. The minimum absolute atomic E-state index is 0.0420. The zero-order valence-electron chi connectivity index (χ0n) is 9.31. The third-order valence-corrected chi connectivity index (χ3v) is 2.35. The summed E-state index contributed by atoms with van der Waals surface area (Å²) in [5, 5.41) is 2.88. The fourth-order valence-electron chi connectivity index (χ4n) is 1.38. The summed E-state index contributed by atoms with van der Waals surface area (Å²) >= 11 is 0. The summed E-state index contributed by atoms with van der Waals surface area (Å²) in [6.45, 7) is 2.40. The van der Waals surface area contributed by atoms with Gasteiger partial charge in [0.05, 0.1) is 6.20 Å². The minimum atomic E-state index is -0.522. The van der Waals surface area contributed by atoms with Crippen LogP contribution in [0.25, 0.3) is 0 Å². The average Bonchev–Trinajstić information content (AvgIpc) is 2.32. The van der Waals surface area contributed by atoms with E-state index < -0.39 is 5.82 Å². The molecule has 3 N–H and O–H groups in total. The van der Waals surface area contributed by atoms with E-state index in [1.54, 1.807) is 12.4 Å². The van der Waals surface area contributed by atoms with Crippen molar-refractivity contribution < 1.29 is 4.39 Å². The zero-order valence-corrected chi connectivity index (χ0v) is 9.31. The molecule has 2 heterocycles. The van der Waals surface area contributed by atoms with Crippen molar-refractivity contribution in [2.24, 2.45) is 0 Å². The summed E-state index contributed by atoms with van der Waals surface area (Å²) in [6, 6.07) is 1.87. The second-order valence-electron chi connectivity index (χ2n) is 3.58. The van der Waals surface area contributed by atoms with Crippen LogP contribution in [0.2, 0.25) is 0 Å². The third kappa shape index (κ3) is 2.66. The molecule has 0 aliphatic heterocycles. The molecule has 2 aromatic heterocycles. The van der Waals surface area contributed by atoms with Crippen LogP contribution in [0.4, 0.5) is 16.2 Å². The van der Waals surface area contributed by atoms with Gasteiger partial charge in [-0.25, -0.2) is 9.37 Å². The van der Waals surface area contributed by atoms with Crippen LogP contribution in [-0.2, 0) is 6.54 Å². The molecular formula is C11H12FN5. The van der Waals surface area contributed by atoms with E-state index in [-0.39, 0.29) is 11.8 Å². The number of nitrogens with one attached hydrogen (secondary N) is 1. The van der Waals surface area contributed by atoms with Crippen molar-refractivity contribution in [1.82, 2.24) is 15.0 Å². The first-order valence-electron chi connectivity index (χ1n) is 5.08. The van der Waals surface area contributed by atoms with Gasteiger partial charge in [-0.2, -0.15) is 4.98 Å². The van der Waals surface area contributed by atoms with Gasteiger partial charge in [-0.1, -0.05) is 0 Å². The fraction of sp³-hybridized carbons (Fsp3) is 0.182. The van der Waals surface area contributed by atoms with Gasteiger partial charge in [0.15, 0.2) is 11.6 Å². The minimum Gasteiger partial charge on any atom is -0.368 e. The number of hydrogen-bond acceptors (Lipinski definition) is 5. The van der Waals surface area contributed by atoms with Crippen molar-refractivity contribution in [3.05, 3.63) is 41.6 Å². The lowest BCUT2D eigenvalue weighted by Crippen LogP contribution is -2.07. The summed E-state index contributed by atoms with van der Waals surface area (Å²) in [5.41, 5.74) is 7.44. The van der Waals surface area contributed by atoms with Gasteiger partial charge < -0.3 is 11.1 Å². The maximum absolute atomic E-state index is 13.3. The third-order valence-electron chi connectivity index (χ3n) is 2.35. The van der Waals surface area contributed by atoms with E-state index in [4.69, 9.17) is 5.73 Å². The normalized spacial score (nSPS) is 10.2. The number of rotatable bonds is 3. The Morgan fingerprint density at radius 1 is 1.41 bits per heavy atom. The Morgan fingerprint density at radius 2 is 2.24 bits per heavy atom. The summed E-state index contributed by atoms with van der Waals surface area (Å²) in [4.78, 5) is 11.3. The number of anilines is 2. The van der Waals surface area contributed by atoms with Gasteiger partial charge in [0, 0.05) is 18.9 Å². The molecule has 0 radical (unpaired) electrons. The number of nitrogens with zero attached hydrogens (tertiary/aromatic N) is 3. The van der Waals surface area contributed by atoms with Gasteiger partial charge in [0.2, 0.25) is 5.95 Å². The molecule has 5 nitrogen and oxygen atoms in total.